The van der Waals surface area contributed by atoms with Crippen LogP contribution in [0.25, 0.3) is 5.57 Å². The molecule has 1 aliphatic carbocycles. The number of nitrogens with two attached hydrogens (primary N) is 1. The number of hydrogen-bond acceptors (Lipinski definition) is 7. The Hall–Kier alpha value is -3.75. The maximum absolute atomic E-state index is 12.2. The SMILES string of the molecule is CN=CC(=CN)c1ccc(Nc2ncc(CC3CCNC3=O)c(N(C=O)C3CCCC3)n2)cc1. The van der Waals surface area contributed by atoms with Crippen molar-refractivity contribution in [1.29, 1.82) is 0 Å². The zero-order valence-corrected chi connectivity index (χ0v) is 19.4. The summed E-state index contributed by atoms with van der Waals surface area (Å²) in [7, 11) is 1.70. The molecule has 1 aromatic heterocycles. The lowest BCUT2D eigenvalue weighted by molar-refractivity contribution is -0.122. The zero-order chi connectivity index (χ0) is 23.9. The molecule has 1 saturated heterocycles. The maximum Gasteiger partial charge on any atom is 0.229 e. The van der Waals surface area contributed by atoms with E-state index in [2.05, 4.69) is 20.6 Å². The molecule has 2 aromatic rings. The summed E-state index contributed by atoms with van der Waals surface area (Å²) in [6.45, 7) is 0.681. The van der Waals surface area contributed by atoms with Crippen molar-refractivity contribution in [1.82, 2.24) is 15.3 Å². The lowest BCUT2D eigenvalue weighted by Crippen LogP contribution is -2.34. The van der Waals surface area contributed by atoms with E-state index in [-0.39, 0.29) is 17.9 Å². The summed E-state index contributed by atoms with van der Waals surface area (Å²) in [5.74, 6) is 0.910. The normalized spacial score (nSPS) is 18.9. The third-order valence-corrected chi connectivity index (χ3v) is 6.47. The molecule has 9 nitrogen and oxygen atoms in total. The summed E-state index contributed by atoms with van der Waals surface area (Å²) >= 11 is 0. The molecule has 1 saturated carbocycles. The molecule has 2 aliphatic rings. The number of aromatic nitrogens is 2. The van der Waals surface area contributed by atoms with Crippen molar-refractivity contribution in [3.63, 3.8) is 0 Å². The number of nitrogens with one attached hydrogen (secondary N) is 2. The van der Waals surface area contributed by atoms with Gasteiger partial charge in [0, 0.05) is 61.0 Å². The largest absolute Gasteiger partial charge is 0.404 e. The average Bonchev–Trinajstić information content (AvgIpc) is 3.52. The number of carbonyl (C=O) groups excluding carboxylic acids is 2. The number of anilines is 3. The van der Waals surface area contributed by atoms with Gasteiger partial charge in [0.15, 0.2) is 0 Å². The number of benzene rings is 1. The molecule has 2 fully saturated rings. The molecule has 4 rings (SSSR count). The summed E-state index contributed by atoms with van der Waals surface area (Å²) in [4.78, 5) is 39.3. The third-order valence-electron chi connectivity index (χ3n) is 6.47. The van der Waals surface area contributed by atoms with E-state index in [1.165, 1.54) is 6.20 Å². The highest BCUT2D eigenvalue weighted by Crippen LogP contribution is 2.31. The minimum Gasteiger partial charge on any atom is -0.404 e. The Morgan fingerprint density at radius 1 is 1.26 bits per heavy atom. The second-order valence-electron chi connectivity index (χ2n) is 8.69. The molecule has 0 radical (unpaired) electrons. The minimum atomic E-state index is -0.123. The molecule has 1 aromatic carbocycles. The van der Waals surface area contributed by atoms with Crippen LogP contribution < -0.4 is 21.3 Å². The van der Waals surface area contributed by atoms with Crippen molar-refractivity contribution >= 4 is 41.6 Å². The van der Waals surface area contributed by atoms with Gasteiger partial charge >= 0.3 is 0 Å². The first kappa shape index (κ1) is 23.4. The highest BCUT2D eigenvalue weighted by Gasteiger charge is 2.30. The first-order valence-corrected chi connectivity index (χ1v) is 11.7. The predicted molar refractivity (Wildman–Crippen MR) is 134 cm³/mol. The third kappa shape index (κ3) is 5.24. The summed E-state index contributed by atoms with van der Waals surface area (Å²) in [5, 5.41) is 6.11. The van der Waals surface area contributed by atoms with Crippen LogP contribution in [0.2, 0.25) is 0 Å². The van der Waals surface area contributed by atoms with Crippen LogP contribution in [-0.4, -0.2) is 48.1 Å². The smallest absolute Gasteiger partial charge is 0.229 e. The first-order chi connectivity index (χ1) is 16.6. The van der Waals surface area contributed by atoms with Gasteiger partial charge in [-0.2, -0.15) is 4.98 Å². The van der Waals surface area contributed by atoms with Gasteiger partial charge in [0.05, 0.1) is 0 Å². The van der Waals surface area contributed by atoms with E-state index in [1.54, 1.807) is 24.4 Å². The van der Waals surface area contributed by atoms with Crippen LogP contribution in [0.15, 0.2) is 41.7 Å². The fourth-order valence-electron chi connectivity index (χ4n) is 4.65. The van der Waals surface area contributed by atoms with Crippen molar-refractivity contribution < 1.29 is 9.59 Å². The van der Waals surface area contributed by atoms with E-state index in [9.17, 15) is 9.59 Å². The second kappa shape index (κ2) is 10.9. The molecule has 2 heterocycles. The molecule has 178 valence electrons. The first-order valence-electron chi connectivity index (χ1n) is 11.7. The molecule has 0 spiro atoms. The zero-order valence-electron chi connectivity index (χ0n) is 19.4. The Morgan fingerprint density at radius 2 is 2.03 bits per heavy atom. The summed E-state index contributed by atoms with van der Waals surface area (Å²) in [6.07, 6.45) is 11.2. The molecule has 2 amide bonds. The van der Waals surface area contributed by atoms with E-state index >= 15 is 0 Å². The van der Waals surface area contributed by atoms with Crippen LogP contribution in [0.1, 0.15) is 43.2 Å². The Kier molecular flexibility index (Phi) is 7.51. The fraction of sp³-hybridized carbons (Fsp3) is 0.400. The van der Waals surface area contributed by atoms with Gasteiger partial charge in [-0.3, -0.25) is 19.5 Å². The van der Waals surface area contributed by atoms with Crippen LogP contribution in [0.3, 0.4) is 0 Å². The lowest BCUT2D eigenvalue weighted by atomic mass is 9.99. The van der Waals surface area contributed by atoms with Crippen LogP contribution in [-0.2, 0) is 16.0 Å². The molecule has 1 unspecified atom stereocenters. The highest BCUT2D eigenvalue weighted by molar-refractivity contribution is 6.09. The Morgan fingerprint density at radius 3 is 2.65 bits per heavy atom. The van der Waals surface area contributed by atoms with Gasteiger partial charge < -0.3 is 16.4 Å². The monoisotopic (exact) mass is 461 g/mol. The Bertz CT molecular complexity index is 1080. The standard InChI is InChI=1S/C25H31N7O2/c1-27-14-20(13-26)17-6-8-21(9-7-17)30-25-29-15-19(12-18-10-11-28-24(18)34)23(31-25)32(16-33)22-4-2-3-5-22/h6-9,13-16,18,22H,2-5,10-12,26H2,1H3,(H,28,34)(H,29,30,31). The van der Waals surface area contributed by atoms with E-state index in [1.807, 2.05) is 24.3 Å². The van der Waals surface area contributed by atoms with Crippen LogP contribution >= 0.6 is 0 Å². The number of carbonyl (C=O) groups is 2. The molecular weight excluding hydrogens is 430 g/mol. The van der Waals surface area contributed by atoms with Crippen molar-refractivity contribution in [2.75, 3.05) is 23.8 Å². The number of allylic oxidation sites excluding steroid dienone is 1. The molecule has 4 N–H and O–H groups in total. The van der Waals surface area contributed by atoms with Crippen molar-refractivity contribution in [3.8, 4) is 0 Å². The number of rotatable bonds is 9. The lowest BCUT2D eigenvalue weighted by Gasteiger charge is -2.26. The van der Waals surface area contributed by atoms with Gasteiger partial charge in [-0.1, -0.05) is 25.0 Å². The van der Waals surface area contributed by atoms with Gasteiger partial charge in [-0.15, -0.1) is 0 Å². The summed E-state index contributed by atoms with van der Waals surface area (Å²) < 4.78 is 0. The van der Waals surface area contributed by atoms with Gasteiger partial charge in [-0.05, 0) is 43.4 Å². The quantitative estimate of drug-likeness (QED) is 0.389. The van der Waals surface area contributed by atoms with E-state index in [0.29, 0.717) is 24.7 Å². The van der Waals surface area contributed by atoms with Gasteiger partial charge in [0.1, 0.15) is 5.82 Å². The van der Waals surface area contributed by atoms with Crippen molar-refractivity contribution in [2.45, 2.75) is 44.6 Å². The van der Waals surface area contributed by atoms with E-state index in [0.717, 1.165) is 60.9 Å². The molecule has 1 atom stereocenters. The summed E-state index contributed by atoms with van der Waals surface area (Å²) in [6, 6.07) is 7.82. The minimum absolute atomic E-state index is 0.0470. The molecule has 34 heavy (non-hydrogen) atoms. The van der Waals surface area contributed by atoms with Crippen LogP contribution in [0.4, 0.5) is 17.5 Å². The highest BCUT2D eigenvalue weighted by atomic mass is 16.2. The van der Waals surface area contributed by atoms with Crippen molar-refractivity contribution in [2.24, 2.45) is 16.6 Å². The molecular formula is C25H31N7O2. The van der Waals surface area contributed by atoms with Gasteiger partial charge in [0.25, 0.3) is 0 Å². The number of amides is 2. The predicted octanol–water partition coefficient (Wildman–Crippen LogP) is 2.80. The average molecular weight is 462 g/mol. The Balaban J connectivity index is 1.60. The topological polar surface area (TPSA) is 126 Å². The molecule has 9 heteroatoms. The summed E-state index contributed by atoms with van der Waals surface area (Å²) in [5.41, 5.74) is 9.09. The van der Waals surface area contributed by atoms with Gasteiger partial charge in [0.2, 0.25) is 18.3 Å². The number of hydrogen-bond donors (Lipinski definition) is 3. The van der Waals surface area contributed by atoms with Crippen LogP contribution in [0.5, 0.6) is 0 Å². The molecule has 1 aliphatic heterocycles. The maximum atomic E-state index is 12.2. The number of nitrogens with zero attached hydrogens (tertiary/aromatic N) is 4. The van der Waals surface area contributed by atoms with Crippen LogP contribution in [0, 0.1) is 5.92 Å². The second-order valence-corrected chi connectivity index (χ2v) is 8.69. The fourth-order valence-corrected chi connectivity index (χ4v) is 4.65. The van der Waals surface area contributed by atoms with Crippen molar-refractivity contribution in [3.05, 3.63) is 47.8 Å². The Labute approximate surface area is 199 Å². The molecule has 0 bridgehead atoms. The number of aliphatic imine (C=N–C) groups is 1. The van der Waals surface area contributed by atoms with E-state index < -0.39 is 0 Å². The van der Waals surface area contributed by atoms with E-state index in [4.69, 9.17) is 10.7 Å². The van der Waals surface area contributed by atoms with Gasteiger partial charge in [-0.25, -0.2) is 4.98 Å².